The van der Waals surface area contributed by atoms with Gasteiger partial charge in [-0.05, 0) is 26.4 Å². The highest BCUT2D eigenvalue weighted by Gasteiger charge is 2.26. The van der Waals surface area contributed by atoms with Crippen molar-refractivity contribution in [1.29, 1.82) is 0 Å². The number of likely N-dealkylation sites (N-methyl/N-ethyl adjacent to an activating group) is 1. The molecule has 2 rings (SSSR count). The Hall–Kier alpha value is -0.870. The lowest BCUT2D eigenvalue weighted by Gasteiger charge is -2.31. The number of nitrogens with one attached hydrogen (secondary N) is 1. The number of imidazole rings is 1. The van der Waals surface area contributed by atoms with Gasteiger partial charge in [-0.15, -0.1) is 0 Å². The molecule has 1 aliphatic heterocycles. The van der Waals surface area contributed by atoms with Crippen LogP contribution < -0.4 is 5.73 Å². The van der Waals surface area contributed by atoms with Crippen LogP contribution in [0.4, 0.5) is 0 Å². The monoisotopic (exact) mass is 208 g/mol. The Labute approximate surface area is 90.9 Å². The topological polar surface area (TPSA) is 57.9 Å². The predicted octanol–water partition coefficient (Wildman–Crippen LogP) is 1.07. The number of hydrogen-bond donors (Lipinski definition) is 2. The Morgan fingerprint density at radius 2 is 2.47 bits per heavy atom. The van der Waals surface area contributed by atoms with Crippen LogP contribution in [0.15, 0.2) is 6.33 Å². The molecule has 4 heteroatoms. The molecule has 0 aliphatic carbocycles. The zero-order chi connectivity index (χ0) is 10.7. The summed E-state index contributed by atoms with van der Waals surface area (Å²) in [5, 5.41) is 0. The first-order valence-corrected chi connectivity index (χ1v) is 5.75. The van der Waals surface area contributed by atoms with E-state index in [1.165, 1.54) is 24.2 Å². The second-order valence-electron chi connectivity index (χ2n) is 4.30. The fraction of sp³-hybridized carbons (Fsp3) is 0.727. The summed E-state index contributed by atoms with van der Waals surface area (Å²) in [4.78, 5) is 10.1. The fourth-order valence-electron chi connectivity index (χ4n) is 2.31. The summed E-state index contributed by atoms with van der Waals surface area (Å²) in [6, 6.07) is 0.492. The van der Waals surface area contributed by atoms with Crippen LogP contribution in [-0.2, 0) is 6.42 Å². The average molecular weight is 208 g/mol. The Morgan fingerprint density at radius 3 is 3.27 bits per heavy atom. The van der Waals surface area contributed by atoms with Gasteiger partial charge in [-0.3, -0.25) is 4.90 Å². The summed E-state index contributed by atoms with van der Waals surface area (Å²) in [7, 11) is 2.19. The van der Waals surface area contributed by atoms with Gasteiger partial charge in [0, 0.05) is 18.7 Å². The highest BCUT2D eigenvalue weighted by molar-refractivity contribution is 5.19. The maximum atomic E-state index is 5.52. The molecule has 0 aromatic carbocycles. The Morgan fingerprint density at radius 1 is 1.60 bits per heavy atom. The van der Waals surface area contributed by atoms with Gasteiger partial charge in [0.05, 0.1) is 18.1 Å². The first-order valence-electron chi connectivity index (χ1n) is 5.75. The first kappa shape index (κ1) is 10.6. The highest BCUT2D eigenvalue weighted by atomic mass is 15.2. The van der Waals surface area contributed by atoms with Gasteiger partial charge >= 0.3 is 0 Å². The van der Waals surface area contributed by atoms with Crippen molar-refractivity contribution in [2.24, 2.45) is 5.73 Å². The number of fused-ring (bicyclic) bond motifs is 1. The molecule has 0 fully saturated rings. The van der Waals surface area contributed by atoms with E-state index in [1.807, 2.05) is 6.33 Å². The van der Waals surface area contributed by atoms with E-state index in [9.17, 15) is 0 Å². The molecule has 15 heavy (non-hydrogen) atoms. The molecule has 0 saturated heterocycles. The van der Waals surface area contributed by atoms with E-state index in [-0.39, 0.29) is 0 Å². The number of hydrogen-bond acceptors (Lipinski definition) is 3. The second-order valence-corrected chi connectivity index (χ2v) is 4.30. The minimum absolute atomic E-state index is 0.492. The van der Waals surface area contributed by atoms with Crippen molar-refractivity contribution < 1.29 is 0 Å². The second kappa shape index (κ2) is 4.77. The van der Waals surface area contributed by atoms with Gasteiger partial charge in [-0.25, -0.2) is 4.98 Å². The average Bonchev–Trinajstić information content (AvgIpc) is 2.69. The normalized spacial score (nSPS) is 21.6. The van der Waals surface area contributed by atoms with Gasteiger partial charge in [0.15, 0.2) is 0 Å². The van der Waals surface area contributed by atoms with E-state index in [4.69, 9.17) is 5.73 Å². The van der Waals surface area contributed by atoms with E-state index in [2.05, 4.69) is 21.9 Å². The van der Waals surface area contributed by atoms with Gasteiger partial charge in [0.25, 0.3) is 0 Å². The summed E-state index contributed by atoms with van der Waals surface area (Å²) in [6.07, 6.45) is 6.40. The fourth-order valence-corrected chi connectivity index (χ4v) is 2.31. The molecular formula is C11H20N4. The molecule has 1 aromatic heterocycles. The number of unbranched alkanes of at least 4 members (excludes halogenated alkanes) is 1. The number of aromatic nitrogens is 2. The number of H-pyrrole nitrogens is 1. The van der Waals surface area contributed by atoms with Crippen LogP contribution in [0.5, 0.6) is 0 Å². The van der Waals surface area contributed by atoms with Crippen molar-refractivity contribution >= 4 is 0 Å². The van der Waals surface area contributed by atoms with Crippen LogP contribution in [0.25, 0.3) is 0 Å². The molecular weight excluding hydrogens is 188 g/mol. The van der Waals surface area contributed by atoms with Crippen molar-refractivity contribution in [3.05, 3.63) is 17.7 Å². The molecule has 2 heterocycles. The summed E-state index contributed by atoms with van der Waals surface area (Å²) in [6.45, 7) is 1.92. The van der Waals surface area contributed by atoms with Crippen molar-refractivity contribution in [2.45, 2.75) is 31.7 Å². The lowest BCUT2D eigenvalue weighted by atomic mass is 9.98. The van der Waals surface area contributed by atoms with Gasteiger partial charge in [0.2, 0.25) is 0 Å². The maximum Gasteiger partial charge on any atom is 0.0925 e. The van der Waals surface area contributed by atoms with Crippen LogP contribution >= 0.6 is 0 Å². The van der Waals surface area contributed by atoms with Gasteiger partial charge in [-0.1, -0.05) is 6.42 Å². The highest BCUT2D eigenvalue weighted by Crippen LogP contribution is 2.29. The Bertz CT molecular complexity index is 307. The third-order valence-electron chi connectivity index (χ3n) is 3.25. The zero-order valence-electron chi connectivity index (χ0n) is 9.37. The van der Waals surface area contributed by atoms with Crippen LogP contribution in [0.1, 0.15) is 36.7 Å². The summed E-state index contributed by atoms with van der Waals surface area (Å²) in [5.74, 6) is 0. The smallest absolute Gasteiger partial charge is 0.0925 e. The van der Waals surface area contributed by atoms with Gasteiger partial charge < -0.3 is 10.7 Å². The lowest BCUT2D eigenvalue weighted by Crippen LogP contribution is -2.32. The van der Waals surface area contributed by atoms with E-state index in [0.29, 0.717) is 6.04 Å². The van der Waals surface area contributed by atoms with Gasteiger partial charge in [-0.2, -0.15) is 0 Å². The van der Waals surface area contributed by atoms with E-state index in [1.54, 1.807) is 0 Å². The van der Waals surface area contributed by atoms with E-state index in [0.717, 1.165) is 25.9 Å². The summed E-state index contributed by atoms with van der Waals surface area (Å²) < 4.78 is 0. The molecule has 4 nitrogen and oxygen atoms in total. The minimum atomic E-state index is 0.492. The zero-order valence-corrected chi connectivity index (χ0v) is 9.37. The molecule has 1 unspecified atom stereocenters. The van der Waals surface area contributed by atoms with Crippen LogP contribution in [0, 0.1) is 0 Å². The van der Waals surface area contributed by atoms with Crippen molar-refractivity contribution in [3.63, 3.8) is 0 Å². The standard InChI is InChI=1S/C11H20N4/c1-15-7-5-9-11(14-8-13-9)10(15)4-2-3-6-12/h8,10H,2-7,12H2,1H3,(H,13,14). The van der Waals surface area contributed by atoms with Crippen molar-refractivity contribution in [1.82, 2.24) is 14.9 Å². The third kappa shape index (κ3) is 2.21. The van der Waals surface area contributed by atoms with E-state index >= 15 is 0 Å². The number of nitrogens with zero attached hydrogens (tertiary/aromatic N) is 2. The Kier molecular flexibility index (Phi) is 3.38. The number of rotatable bonds is 4. The molecule has 1 aliphatic rings. The quantitative estimate of drug-likeness (QED) is 0.728. The maximum absolute atomic E-state index is 5.52. The number of aromatic amines is 1. The third-order valence-corrected chi connectivity index (χ3v) is 3.25. The van der Waals surface area contributed by atoms with Crippen molar-refractivity contribution in [3.8, 4) is 0 Å². The van der Waals surface area contributed by atoms with Crippen LogP contribution in [-0.4, -0.2) is 35.0 Å². The van der Waals surface area contributed by atoms with Crippen molar-refractivity contribution in [2.75, 3.05) is 20.1 Å². The lowest BCUT2D eigenvalue weighted by molar-refractivity contribution is 0.210. The first-order chi connectivity index (χ1) is 7.33. The molecule has 84 valence electrons. The molecule has 0 radical (unpaired) electrons. The molecule has 1 aromatic rings. The molecule has 1 atom stereocenters. The predicted molar refractivity (Wildman–Crippen MR) is 60.6 cm³/mol. The van der Waals surface area contributed by atoms with E-state index < -0.39 is 0 Å². The van der Waals surface area contributed by atoms with Crippen LogP contribution in [0.2, 0.25) is 0 Å². The van der Waals surface area contributed by atoms with Crippen LogP contribution in [0.3, 0.4) is 0 Å². The van der Waals surface area contributed by atoms with Gasteiger partial charge in [0.1, 0.15) is 0 Å². The summed E-state index contributed by atoms with van der Waals surface area (Å²) in [5.41, 5.74) is 8.09. The molecule has 3 N–H and O–H groups in total. The number of nitrogens with two attached hydrogens (primary N) is 1. The Balaban J connectivity index is 2.03. The summed E-state index contributed by atoms with van der Waals surface area (Å²) >= 11 is 0. The molecule has 0 spiro atoms. The molecule has 0 amide bonds. The molecule has 0 saturated carbocycles. The molecule has 0 bridgehead atoms. The largest absolute Gasteiger partial charge is 0.348 e. The SMILES string of the molecule is CN1CCc2[nH]cnc2C1CCCCN. The minimum Gasteiger partial charge on any atom is -0.348 e.